The minimum absolute atomic E-state index is 0.0515. The Kier molecular flexibility index (Phi) is 3.15. The van der Waals surface area contributed by atoms with Crippen LogP contribution in [0.15, 0.2) is 0 Å². The second-order valence-electron chi connectivity index (χ2n) is 9.21. The van der Waals surface area contributed by atoms with Gasteiger partial charge in [-0.2, -0.15) is 0 Å². The average Bonchev–Trinajstić information content (AvgIpc) is 2.98. The first-order valence-corrected chi connectivity index (χ1v) is 9.68. The maximum atomic E-state index is 12.5. The first-order valence-electron chi connectivity index (χ1n) is 12.4. The minimum atomic E-state index is -2.55. The van der Waals surface area contributed by atoms with Crippen molar-refractivity contribution in [2.75, 3.05) is 6.61 Å². The first-order chi connectivity index (χ1) is 14.1. The molecule has 4 N–H and O–H groups in total. The van der Waals surface area contributed by atoms with Gasteiger partial charge < -0.3 is 20.4 Å². The lowest BCUT2D eigenvalue weighted by Crippen LogP contribution is -2.63. The van der Waals surface area contributed by atoms with Gasteiger partial charge >= 0.3 is 0 Å². The van der Waals surface area contributed by atoms with E-state index in [0.29, 0.717) is 12.8 Å². The molecule has 5 heteroatoms. The van der Waals surface area contributed by atoms with E-state index in [1.54, 1.807) is 13.8 Å². The summed E-state index contributed by atoms with van der Waals surface area (Å²) in [5.74, 6) is -3.38. The van der Waals surface area contributed by atoms with E-state index in [2.05, 4.69) is 0 Å². The van der Waals surface area contributed by atoms with Crippen LogP contribution < -0.4 is 0 Å². The molecule has 0 saturated heterocycles. The van der Waals surface area contributed by atoms with Crippen LogP contribution in [0, 0.1) is 34.5 Å². The van der Waals surface area contributed by atoms with Gasteiger partial charge in [0.15, 0.2) is 5.78 Å². The number of hydrogen-bond donors (Lipinski definition) is 4. The lowest BCUT2D eigenvalue weighted by molar-refractivity contribution is -0.202. The predicted molar refractivity (Wildman–Crippen MR) is 96.2 cm³/mol. The maximum Gasteiger partial charge on any atom is 0.190 e. The number of rotatable bonds is 2. The van der Waals surface area contributed by atoms with Gasteiger partial charge in [-0.15, -0.1) is 0 Å². The fraction of sp³-hybridized carbons (Fsp3) is 0.952. The molecule has 0 bridgehead atoms. The summed E-state index contributed by atoms with van der Waals surface area (Å²) in [7, 11) is 0. The molecule has 0 aromatic carbocycles. The lowest BCUT2D eigenvalue weighted by atomic mass is 9.43. The molecule has 4 rings (SSSR count). The number of aliphatic hydroxyl groups excluding tert-OH is 2. The van der Waals surface area contributed by atoms with Crippen LogP contribution in [0.3, 0.4) is 0 Å². The largest absolute Gasteiger partial charge is 0.393 e. The molecular weight excluding hydrogens is 332 g/mol. The normalized spacial score (nSPS) is 73.3. The van der Waals surface area contributed by atoms with E-state index in [4.69, 9.17) is 6.85 Å². The zero-order valence-corrected chi connectivity index (χ0v) is 15.5. The summed E-state index contributed by atoms with van der Waals surface area (Å²) in [4.78, 5) is 12.5. The van der Waals surface area contributed by atoms with E-state index in [-0.39, 0.29) is 31.1 Å². The molecule has 5 nitrogen and oxygen atoms in total. The molecular formula is C21H34O5. The lowest BCUT2D eigenvalue weighted by Gasteiger charge is -2.62. The Bertz CT molecular complexity index is 783. The number of Topliss-reactive ketones (excluding diaryl/α,β-unsaturated/α-hetero) is 1. The standard InChI is InChI=1S/C21H34O5/c1-19-7-5-13(23)9-12(19)3-4-14-15-6-8-21(26,17(25)11-22)20(15,2)10-16(24)18(14)19/h12-16,18,22-24,26H,3-11H2,1-2H3/t12-,13-,14+,15+,16+,18-,19+,20+,21+/m1/s1/i5D,7D,9D,12D,13D/t5?,7?,9-,12-,13-,14+,15+,16+,18-,19+,20+,21+. The van der Waals surface area contributed by atoms with Crippen LogP contribution in [0.4, 0.5) is 0 Å². The highest BCUT2D eigenvalue weighted by molar-refractivity contribution is 5.89. The van der Waals surface area contributed by atoms with Crippen molar-refractivity contribution >= 4 is 5.78 Å². The Morgan fingerprint density at radius 3 is 2.69 bits per heavy atom. The minimum Gasteiger partial charge on any atom is -0.393 e. The van der Waals surface area contributed by atoms with Crippen LogP contribution in [0.5, 0.6) is 0 Å². The smallest absolute Gasteiger partial charge is 0.190 e. The molecule has 4 aliphatic rings. The zero-order chi connectivity index (χ0) is 23.4. The van der Waals surface area contributed by atoms with Crippen molar-refractivity contribution in [3.05, 3.63) is 0 Å². The van der Waals surface area contributed by atoms with Gasteiger partial charge in [-0.05, 0) is 80.4 Å². The zero-order valence-electron chi connectivity index (χ0n) is 20.5. The third kappa shape index (κ3) is 2.27. The number of ketones is 1. The van der Waals surface area contributed by atoms with Crippen LogP contribution in [-0.4, -0.2) is 50.6 Å². The predicted octanol–water partition coefficient (Wildman–Crippen LogP) is 1.65. The summed E-state index contributed by atoms with van der Waals surface area (Å²) in [5.41, 5.74) is -4.03. The monoisotopic (exact) mass is 371 g/mol. The molecule has 0 heterocycles. The number of hydrogen-bond acceptors (Lipinski definition) is 5. The molecule has 148 valence electrons. The van der Waals surface area contributed by atoms with E-state index in [1.807, 2.05) is 0 Å². The molecule has 0 amide bonds. The van der Waals surface area contributed by atoms with E-state index in [9.17, 15) is 25.2 Å². The molecule has 12 atom stereocenters. The molecule has 0 aromatic heterocycles. The maximum absolute atomic E-state index is 12.5. The number of carbonyl (C=O) groups is 1. The molecule has 0 aromatic rings. The summed E-state index contributed by atoms with van der Waals surface area (Å²) < 4.78 is 42.9. The van der Waals surface area contributed by atoms with Gasteiger partial charge in [0, 0.05) is 10.9 Å². The van der Waals surface area contributed by atoms with Gasteiger partial charge in [-0.25, -0.2) is 0 Å². The SMILES string of the molecule is [2H]C1C([2H])[C@]2(C)[C@@H]3[C@@H](CC[C@]2([2H])[C@@H]([2H])[C@]1([2H])O)[C@@H]1CC[C@](O)(C(=O)CO)[C@@]1(C)C[C@@H]3O. The molecule has 4 fully saturated rings. The quantitative estimate of drug-likeness (QED) is 0.592. The van der Waals surface area contributed by atoms with Crippen molar-refractivity contribution in [2.45, 2.75) is 82.9 Å². The third-order valence-corrected chi connectivity index (χ3v) is 8.26. The molecule has 26 heavy (non-hydrogen) atoms. The van der Waals surface area contributed by atoms with Gasteiger partial charge in [-0.1, -0.05) is 13.8 Å². The topological polar surface area (TPSA) is 98.0 Å². The fourth-order valence-electron chi connectivity index (χ4n) is 6.93. The fourth-order valence-corrected chi connectivity index (χ4v) is 6.93. The van der Waals surface area contributed by atoms with E-state index in [0.717, 1.165) is 0 Å². The summed E-state index contributed by atoms with van der Waals surface area (Å²) in [5, 5.41) is 42.6. The average molecular weight is 372 g/mol. The van der Waals surface area contributed by atoms with Crippen molar-refractivity contribution in [1.82, 2.24) is 0 Å². The van der Waals surface area contributed by atoms with E-state index >= 15 is 0 Å². The van der Waals surface area contributed by atoms with Gasteiger partial charge in [0.2, 0.25) is 0 Å². The highest BCUT2D eigenvalue weighted by Gasteiger charge is 2.68. The molecule has 4 aliphatic carbocycles. The van der Waals surface area contributed by atoms with Crippen LogP contribution in [-0.2, 0) is 4.79 Å². The van der Waals surface area contributed by atoms with Crippen molar-refractivity contribution in [1.29, 1.82) is 0 Å². The first kappa shape index (κ1) is 13.6. The summed E-state index contributed by atoms with van der Waals surface area (Å²) in [6, 6.07) is 0. The van der Waals surface area contributed by atoms with Crippen LogP contribution in [0.25, 0.3) is 0 Å². The van der Waals surface area contributed by atoms with Crippen molar-refractivity contribution in [3.8, 4) is 0 Å². The summed E-state index contributed by atoms with van der Waals surface area (Å²) >= 11 is 0. The number of carbonyl (C=O) groups excluding carboxylic acids is 1. The third-order valence-electron chi connectivity index (χ3n) is 8.26. The van der Waals surface area contributed by atoms with Crippen molar-refractivity contribution in [3.63, 3.8) is 0 Å². The highest BCUT2D eigenvalue weighted by Crippen LogP contribution is 2.68. The van der Waals surface area contributed by atoms with Crippen LogP contribution in [0.2, 0.25) is 0 Å². The van der Waals surface area contributed by atoms with Gasteiger partial charge in [0.25, 0.3) is 0 Å². The summed E-state index contributed by atoms with van der Waals surface area (Å²) in [6.07, 6.45) is -6.94. The van der Waals surface area contributed by atoms with Crippen molar-refractivity contribution in [2.24, 2.45) is 34.5 Å². The molecule has 2 unspecified atom stereocenters. The molecule has 0 spiro atoms. The second kappa shape index (κ2) is 6.00. The van der Waals surface area contributed by atoms with Crippen LogP contribution >= 0.6 is 0 Å². The highest BCUT2D eigenvalue weighted by atomic mass is 16.3. The Morgan fingerprint density at radius 1 is 1.27 bits per heavy atom. The van der Waals surface area contributed by atoms with E-state index < -0.39 is 72.0 Å². The van der Waals surface area contributed by atoms with E-state index in [1.165, 1.54) is 0 Å². The Hall–Kier alpha value is -0.490. The van der Waals surface area contributed by atoms with Gasteiger partial charge in [-0.3, -0.25) is 4.79 Å². The second-order valence-corrected chi connectivity index (χ2v) is 9.21. The Balaban J connectivity index is 1.80. The number of fused-ring (bicyclic) bond motifs is 5. The molecule has 4 saturated carbocycles. The van der Waals surface area contributed by atoms with Crippen molar-refractivity contribution < 1.29 is 32.1 Å². The molecule has 0 aliphatic heterocycles. The van der Waals surface area contributed by atoms with Gasteiger partial charge in [0.1, 0.15) is 12.2 Å². The van der Waals surface area contributed by atoms with Gasteiger partial charge in [0.05, 0.1) is 13.6 Å². The Labute approximate surface area is 162 Å². The van der Waals surface area contributed by atoms with Crippen LogP contribution in [0.1, 0.15) is 72.0 Å². The molecule has 0 radical (unpaired) electrons. The summed E-state index contributed by atoms with van der Waals surface area (Å²) in [6.45, 7) is 2.64. The Morgan fingerprint density at radius 2 is 2.00 bits per heavy atom. The number of aliphatic hydroxyl groups is 4.